The Morgan fingerprint density at radius 1 is 1.31 bits per heavy atom. The fraction of sp³-hybridized carbons (Fsp3) is 0.923. The van der Waals surface area contributed by atoms with Crippen LogP contribution in [0.25, 0.3) is 0 Å². The molecule has 0 radical (unpaired) electrons. The van der Waals surface area contributed by atoms with E-state index >= 15 is 0 Å². The Balaban J connectivity index is 2.24. The van der Waals surface area contributed by atoms with Crippen molar-refractivity contribution in [1.29, 1.82) is 0 Å². The first-order chi connectivity index (χ1) is 7.42. The highest BCUT2D eigenvalue weighted by Crippen LogP contribution is 2.17. The average molecular weight is 226 g/mol. The minimum Gasteiger partial charge on any atom is -0.304 e. The molecule has 0 atom stereocenters. The summed E-state index contributed by atoms with van der Waals surface area (Å²) in [5.41, 5.74) is -0.209. The van der Waals surface area contributed by atoms with E-state index < -0.39 is 0 Å². The van der Waals surface area contributed by atoms with Crippen LogP contribution >= 0.6 is 0 Å². The number of likely N-dealkylation sites (N-methyl/N-ethyl adjacent to an activating group) is 1. The van der Waals surface area contributed by atoms with E-state index in [1.54, 1.807) is 6.92 Å². The number of carbonyl (C=O) groups is 1. The van der Waals surface area contributed by atoms with Crippen molar-refractivity contribution >= 4 is 5.78 Å². The van der Waals surface area contributed by atoms with E-state index in [1.165, 1.54) is 25.9 Å². The number of ketones is 1. The lowest BCUT2D eigenvalue weighted by molar-refractivity contribution is -0.125. The molecule has 0 amide bonds. The predicted octanol–water partition coefficient (Wildman–Crippen LogP) is 1.63. The normalized spacial score (nSPS) is 18.3. The van der Waals surface area contributed by atoms with Crippen LogP contribution in [-0.2, 0) is 4.79 Å². The minimum absolute atomic E-state index is 0.209. The quantitative estimate of drug-likeness (QED) is 0.688. The predicted molar refractivity (Wildman–Crippen MR) is 67.6 cm³/mol. The first-order valence-corrected chi connectivity index (χ1v) is 6.34. The first-order valence-electron chi connectivity index (χ1n) is 6.34. The summed E-state index contributed by atoms with van der Waals surface area (Å²) in [6.07, 6.45) is 2.70. The van der Waals surface area contributed by atoms with Gasteiger partial charge in [-0.15, -0.1) is 0 Å². The molecule has 0 spiro atoms. The summed E-state index contributed by atoms with van der Waals surface area (Å²) in [5, 5.41) is 0. The molecule has 1 rings (SSSR count). The molecule has 1 fully saturated rings. The summed E-state index contributed by atoms with van der Waals surface area (Å²) >= 11 is 0. The Kier molecular flexibility index (Phi) is 4.93. The number of nitrogens with zero attached hydrogens (tertiary/aromatic N) is 2. The van der Waals surface area contributed by atoms with E-state index in [1.807, 2.05) is 13.8 Å². The van der Waals surface area contributed by atoms with Crippen molar-refractivity contribution in [1.82, 2.24) is 9.80 Å². The highest BCUT2D eigenvalue weighted by atomic mass is 16.1. The summed E-state index contributed by atoms with van der Waals surface area (Å²) in [7, 11) is 2.11. The van der Waals surface area contributed by atoms with Crippen LogP contribution in [0.4, 0.5) is 0 Å². The largest absolute Gasteiger partial charge is 0.304 e. The van der Waals surface area contributed by atoms with Crippen molar-refractivity contribution in [3.63, 3.8) is 0 Å². The summed E-state index contributed by atoms with van der Waals surface area (Å²) in [6, 6.07) is 0. The highest BCUT2D eigenvalue weighted by Gasteiger charge is 2.25. The molecule has 0 N–H and O–H groups in total. The molecule has 1 saturated heterocycles. The van der Waals surface area contributed by atoms with Crippen LogP contribution in [0.15, 0.2) is 0 Å². The molecule has 0 aromatic heterocycles. The van der Waals surface area contributed by atoms with Gasteiger partial charge in [-0.1, -0.05) is 13.8 Å². The third-order valence-corrected chi connectivity index (χ3v) is 3.61. The zero-order chi connectivity index (χ0) is 12.2. The molecule has 94 valence electrons. The maximum absolute atomic E-state index is 11.4. The van der Waals surface area contributed by atoms with Crippen molar-refractivity contribution in [2.24, 2.45) is 5.41 Å². The lowest BCUT2D eigenvalue weighted by Crippen LogP contribution is -2.39. The number of hydrogen-bond acceptors (Lipinski definition) is 3. The van der Waals surface area contributed by atoms with Gasteiger partial charge in [0.25, 0.3) is 0 Å². The minimum atomic E-state index is -0.209. The van der Waals surface area contributed by atoms with Gasteiger partial charge >= 0.3 is 0 Å². The second-order valence-electron chi connectivity index (χ2n) is 5.73. The van der Waals surface area contributed by atoms with Gasteiger partial charge in [0.2, 0.25) is 0 Å². The van der Waals surface area contributed by atoms with Crippen LogP contribution in [0, 0.1) is 5.41 Å². The van der Waals surface area contributed by atoms with Gasteiger partial charge in [0, 0.05) is 25.0 Å². The van der Waals surface area contributed by atoms with E-state index in [0.717, 1.165) is 19.6 Å². The van der Waals surface area contributed by atoms with Crippen molar-refractivity contribution < 1.29 is 4.79 Å². The highest BCUT2D eigenvalue weighted by molar-refractivity contribution is 5.81. The molecular weight excluding hydrogens is 200 g/mol. The molecule has 0 aromatic rings. The van der Waals surface area contributed by atoms with Crippen LogP contribution in [-0.4, -0.2) is 55.4 Å². The Bertz CT molecular complexity index is 232. The van der Waals surface area contributed by atoms with Crippen LogP contribution in [0.1, 0.15) is 33.6 Å². The van der Waals surface area contributed by atoms with Gasteiger partial charge in [-0.2, -0.15) is 0 Å². The van der Waals surface area contributed by atoms with Crippen molar-refractivity contribution in [2.75, 3.05) is 39.8 Å². The van der Waals surface area contributed by atoms with E-state index in [2.05, 4.69) is 16.8 Å². The van der Waals surface area contributed by atoms with E-state index in [-0.39, 0.29) is 11.2 Å². The third kappa shape index (κ3) is 4.22. The standard InChI is InChI=1S/C13H26N2O/c1-12(16)13(2,3)11-14(4)9-10-15-7-5-6-8-15/h5-11H2,1-4H3. The topological polar surface area (TPSA) is 23.6 Å². The molecule has 1 aliphatic heterocycles. The molecule has 0 saturated carbocycles. The van der Waals surface area contributed by atoms with Gasteiger partial charge in [-0.3, -0.25) is 4.79 Å². The SMILES string of the molecule is CC(=O)C(C)(C)CN(C)CCN1CCCC1. The second kappa shape index (κ2) is 5.78. The molecule has 0 bridgehead atoms. The number of likely N-dealkylation sites (tertiary alicyclic amines) is 1. The summed E-state index contributed by atoms with van der Waals surface area (Å²) in [4.78, 5) is 16.2. The van der Waals surface area contributed by atoms with Crippen molar-refractivity contribution in [3.8, 4) is 0 Å². The van der Waals surface area contributed by atoms with Crippen molar-refractivity contribution in [2.45, 2.75) is 33.6 Å². The van der Waals surface area contributed by atoms with Gasteiger partial charge in [-0.25, -0.2) is 0 Å². The van der Waals surface area contributed by atoms with Crippen molar-refractivity contribution in [3.05, 3.63) is 0 Å². The fourth-order valence-electron chi connectivity index (χ4n) is 2.18. The van der Waals surface area contributed by atoms with Crippen LogP contribution in [0.5, 0.6) is 0 Å². The molecule has 0 aliphatic carbocycles. The van der Waals surface area contributed by atoms with Gasteiger partial charge in [0.1, 0.15) is 5.78 Å². The number of carbonyl (C=O) groups excluding carboxylic acids is 1. The van der Waals surface area contributed by atoms with Gasteiger partial charge in [0.05, 0.1) is 0 Å². The lowest BCUT2D eigenvalue weighted by Gasteiger charge is -2.29. The first kappa shape index (κ1) is 13.7. The maximum Gasteiger partial charge on any atom is 0.136 e. The lowest BCUT2D eigenvalue weighted by atomic mass is 9.88. The summed E-state index contributed by atoms with van der Waals surface area (Å²) in [5.74, 6) is 0.278. The Morgan fingerprint density at radius 2 is 1.88 bits per heavy atom. The molecule has 16 heavy (non-hydrogen) atoms. The second-order valence-corrected chi connectivity index (χ2v) is 5.73. The zero-order valence-electron chi connectivity index (χ0n) is 11.3. The Hall–Kier alpha value is -0.410. The maximum atomic E-state index is 11.4. The zero-order valence-corrected chi connectivity index (χ0v) is 11.3. The van der Waals surface area contributed by atoms with Crippen LogP contribution < -0.4 is 0 Å². The van der Waals surface area contributed by atoms with Gasteiger partial charge in [0.15, 0.2) is 0 Å². The Labute approximate surface area is 99.8 Å². The molecule has 1 heterocycles. The number of rotatable bonds is 6. The monoisotopic (exact) mass is 226 g/mol. The molecule has 0 unspecified atom stereocenters. The van der Waals surface area contributed by atoms with Crippen LogP contribution in [0.2, 0.25) is 0 Å². The number of hydrogen-bond donors (Lipinski definition) is 0. The van der Waals surface area contributed by atoms with E-state index in [0.29, 0.717) is 0 Å². The smallest absolute Gasteiger partial charge is 0.136 e. The molecule has 3 heteroatoms. The molecule has 0 aromatic carbocycles. The third-order valence-electron chi connectivity index (χ3n) is 3.61. The van der Waals surface area contributed by atoms with Gasteiger partial charge in [-0.05, 0) is 39.9 Å². The average Bonchev–Trinajstić information content (AvgIpc) is 2.66. The number of Topliss-reactive ketones (excluding diaryl/α,β-unsaturated/α-hetero) is 1. The molecule has 1 aliphatic rings. The summed E-state index contributed by atoms with van der Waals surface area (Å²) in [6.45, 7) is 11.3. The van der Waals surface area contributed by atoms with E-state index in [9.17, 15) is 4.79 Å². The molecule has 3 nitrogen and oxygen atoms in total. The van der Waals surface area contributed by atoms with Gasteiger partial charge < -0.3 is 9.80 Å². The summed E-state index contributed by atoms with van der Waals surface area (Å²) < 4.78 is 0. The Morgan fingerprint density at radius 3 is 2.38 bits per heavy atom. The molecular formula is C13H26N2O. The fourth-order valence-corrected chi connectivity index (χ4v) is 2.18. The van der Waals surface area contributed by atoms with E-state index in [4.69, 9.17) is 0 Å². The van der Waals surface area contributed by atoms with Crippen LogP contribution in [0.3, 0.4) is 0 Å².